The van der Waals surface area contributed by atoms with E-state index < -0.39 is 0 Å². The normalized spacial score (nSPS) is 18.4. The Balaban J connectivity index is 2.02. The Bertz CT molecular complexity index is 457. The van der Waals surface area contributed by atoms with Crippen LogP contribution in [0.25, 0.3) is 0 Å². The van der Waals surface area contributed by atoms with E-state index in [-0.39, 0.29) is 6.04 Å². The van der Waals surface area contributed by atoms with Crippen LogP contribution in [0.5, 0.6) is 0 Å². The standard InChI is InChI=1S/C14H21N5/c1-11(2)13-8-14(17-10-16-13)19-6-4-18(5-7-19)12(3)9-15/h8,10-12H,4-7H2,1-3H3. The van der Waals surface area contributed by atoms with Gasteiger partial charge in [0.05, 0.1) is 12.1 Å². The van der Waals surface area contributed by atoms with Gasteiger partial charge in [-0.1, -0.05) is 13.8 Å². The van der Waals surface area contributed by atoms with Crippen LogP contribution in [-0.2, 0) is 0 Å². The fourth-order valence-corrected chi connectivity index (χ4v) is 2.27. The second kappa shape index (κ2) is 5.98. The number of aromatic nitrogens is 2. The summed E-state index contributed by atoms with van der Waals surface area (Å²) in [6, 6.07) is 4.37. The van der Waals surface area contributed by atoms with E-state index in [0.717, 1.165) is 37.7 Å². The summed E-state index contributed by atoms with van der Waals surface area (Å²) in [6.07, 6.45) is 1.65. The monoisotopic (exact) mass is 259 g/mol. The SMILES string of the molecule is CC(C)c1cc(N2CCN(C(C)C#N)CC2)ncn1. The highest BCUT2D eigenvalue weighted by Gasteiger charge is 2.21. The third kappa shape index (κ3) is 3.21. The van der Waals surface area contributed by atoms with Crippen molar-refractivity contribution in [3.05, 3.63) is 18.1 Å². The van der Waals surface area contributed by atoms with Crippen molar-refractivity contribution >= 4 is 5.82 Å². The van der Waals surface area contributed by atoms with Gasteiger partial charge in [-0.15, -0.1) is 0 Å². The molecule has 0 aliphatic carbocycles. The Hall–Kier alpha value is -1.67. The Morgan fingerprint density at radius 3 is 2.42 bits per heavy atom. The predicted octanol–water partition coefficient (Wildman–Crippen LogP) is 1.63. The Labute approximate surface area is 114 Å². The third-order valence-electron chi connectivity index (χ3n) is 3.64. The summed E-state index contributed by atoms with van der Waals surface area (Å²) in [7, 11) is 0. The summed E-state index contributed by atoms with van der Waals surface area (Å²) in [4.78, 5) is 13.1. The van der Waals surface area contributed by atoms with Gasteiger partial charge in [0.2, 0.25) is 0 Å². The van der Waals surface area contributed by atoms with Crippen molar-refractivity contribution in [3.63, 3.8) is 0 Å². The number of anilines is 1. The lowest BCUT2D eigenvalue weighted by atomic mass is 10.1. The van der Waals surface area contributed by atoms with Gasteiger partial charge in [0.15, 0.2) is 0 Å². The Kier molecular flexibility index (Phi) is 4.33. The van der Waals surface area contributed by atoms with Gasteiger partial charge in [-0.25, -0.2) is 9.97 Å². The molecular formula is C14H21N5. The van der Waals surface area contributed by atoms with E-state index in [4.69, 9.17) is 5.26 Å². The van der Waals surface area contributed by atoms with Gasteiger partial charge in [0.1, 0.15) is 12.1 Å². The predicted molar refractivity (Wildman–Crippen MR) is 75.0 cm³/mol. The fraction of sp³-hybridized carbons (Fsp3) is 0.643. The summed E-state index contributed by atoms with van der Waals surface area (Å²) in [5, 5.41) is 8.94. The second-order valence-electron chi connectivity index (χ2n) is 5.28. The highest BCUT2D eigenvalue weighted by atomic mass is 15.3. The van der Waals surface area contributed by atoms with Gasteiger partial charge in [-0.3, -0.25) is 4.90 Å². The van der Waals surface area contributed by atoms with Crippen molar-refractivity contribution in [1.29, 1.82) is 5.26 Å². The summed E-state index contributed by atoms with van der Waals surface area (Å²) >= 11 is 0. The van der Waals surface area contributed by atoms with E-state index in [2.05, 4.69) is 45.8 Å². The molecule has 19 heavy (non-hydrogen) atoms. The number of nitriles is 1. The van der Waals surface area contributed by atoms with Crippen molar-refractivity contribution in [2.45, 2.75) is 32.7 Å². The van der Waals surface area contributed by atoms with Gasteiger partial charge in [-0.05, 0) is 12.8 Å². The van der Waals surface area contributed by atoms with Crippen molar-refractivity contribution < 1.29 is 0 Å². The fourth-order valence-electron chi connectivity index (χ4n) is 2.27. The van der Waals surface area contributed by atoms with Crippen LogP contribution in [0.15, 0.2) is 12.4 Å². The largest absolute Gasteiger partial charge is 0.354 e. The number of hydrogen-bond donors (Lipinski definition) is 0. The number of rotatable bonds is 3. The first-order valence-corrected chi connectivity index (χ1v) is 6.82. The second-order valence-corrected chi connectivity index (χ2v) is 5.28. The van der Waals surface area contributed by atoms with Gasteiger partial charge in [-0.2, -0.15) is 5.26 Å². The maximum absolute atomic E-state index is 8.94. The zero-order valence-electron chi connectivity index (χ0n) is 11.9. The van der Waals surface area contributed by atoms with Crippen LogP contribution >= 0.6 is 0 Å². The molecule has 2 heterocycles. The maximum atomic E-state index is 8.94. The smallest absolute Gasteiger partial charge is 0.132 e. The number of hydrogen-bond acceptors (Lipinski definition) is 5. The van der Waals surface area contributed by atoms with E-state index in [9.17, 15) is 0 Å². The lowest BCUT2D eigenvalue weighted by Gasteiger charge is -2.36. The molecule has 1 fully saturated rings. The highest BCUT2D eigenvalue weighted by Crippen LogP contribution is 2.18. The molecule has 2 rings (SSSR count). The molecule has 0 bridgehead atoms. The summed E-state index contributed by atoms with van der Waals surface area (Å²) in [5.74, 6) is 1.42. The molecule has 5 nitrogen and oxygen atoms in total. The number of nitrogens with zero attached hydrogens (tertiary/aromatic N) is 5. The lowest BCUT2D eigenvalue weighted by Crippen LogP contribution is -2.49. The molecule has 1 atom stereocenters. The van der Waals surface area contributed by atoms with E-state index >= 15 is 0 Å². The van der Waals surface area contributed by atoms with Gasteiger partial charge >= 0.3 is 0 Å². The third-order valence-corrected chi connectivity index (χ3v) is 3.64. The molecule has 0 amide bonds. The van der Waals surface area contributed by atoms with E-state index in [1.807, 2.05) is 6.92 Å². The van der Waals surface area contributed by atoms with Crippen LogP contribution in [0, 0.1) is 11.3 Å². The van der Waals surface area contributed by atoms with Crippen LogP contribution in [-0.4, -0.2) is 47.1 Å². The first-order valence-electron chi connectivity index (χ1n) is 6.82. The highest BCUT2D eigenvalue weighted by molar-refractivity contribution is 5.40. The lowest BCUT2D eigenvalue weighted by molar-refractivity contribution is 0.231. The molecule has 1 unspecified atom stereocenters. The van der Waals surface area contributed by atoms with E-state index in [1.54, 1.807) is 6.33 Å². The molecule has 5 heteroatoms. The van der Waals surface area contributed by atoms with Crippen molar-refractivity contribution in [3.8, 4) is 6.07 Å². The van der Waals surface area contributed by atoms with Gasteiger partial charge in [0, 0.05) is 37.9 Å². The van der Waals surface area contributed by atoms with E-state index in [1.165, 1.54) is 0 Å². The first kappa shape index (κ1) is 13.8. The summed E-state index contributed by atoms with van der Waals surface area (Å²) < 4.78 is 0. The average molecular weight is 259 g/mol. The molecule has 1 aromatic rings. The minimum absolute atomic E-state index is 0.00113. The Morgan fingerprint density at radius 1 is 1.16 bits per heavy atom. The minimum atomic E-state index is -0.00113. The zero-order valence-corrected chi connectivity index (χ0v) is 11.9. The zero-order chi connectivity index (χ0) is 13.8. The molecule has 0 aromatic carbocycles. The molecule has 1 saturated heterocycles. The van der Waals surface area contributed by atoms with Gasteiger partial charge in [0.25, 0.3) is 0 Å². The number of piperazine rings is 1. The van der Waals surface area contributed by atoms with Crippen molar-refractivity contribution in [1.82, 2.24) is 14.9 Å². The molecule has 1 aliphatic rings. The molecule has 1 aliphatic heterocycles. The van der Waals surface area contributed by atoms with Crippen LogP contribution in [0.2, 0.25) is 0 Å². The quantitative estimate of drug-likeness (QED) is 0.826. The molecule has 1 aromatic heterocycles. The van der Waals surface area contributed by atoms with Crippen LogP contribution in [0.4, 0.5) is 5.82 Å². The topological polar surface area (TPSA) is 56.0 Å². The average Bonchev–Trinajstić information content (AvgIpc) is 2.46. The molecule has 102 valence electrons. The molecule has 0 radical (unpaired) electrons. The molecule has 0 saturated carbocycles. The van der Waals surface area contributed by atoms with Crippen LogP contribution in [0.3, 0.4) is 0 Å². The van der Waals surface area contributed by atoms with Gasteiger partial charge < -0.3 is 4.90 Å². The van der Waals surface area contributed by atoms with Crippen molar-refractivity contribution in [2.24, 2.45) is 0 Å². The molecule has 0 spiro atoms. The minimum Gasteiger partial charge on any atom is -0.354 e. The summed E-state index contributed by atoms with van der Waals surface area (Å²) in [5.41, 5.74) is 1.08. The summed E-state index contributed by atoms with van der Waals surface area (Å²) in [6.45, 7) is 9.89. The maximum Gasteiger partial charge on any atom is 0.132 e. The van der Waals surface area contributed by atoms with E-state index in [0.29, 0.717) is 5.92 Å². The molecule has 0 N–H and O–H groups in total. The van der Waals surface area contributed by atoms with Crippen molar-refractivity contribution in [2.75, 3.05) is 31.1 Å². The van der Waals surface area contributed by atoms with Crippen LogP contribution in [0.1, 0.15) is 32.4 Å². The van der Waals surface area contributed by atoms with Crippen LogP contribution < -0.4 is 4.90 Å². The Morgan fingerprint density at radius 2 is 1.84 bits per heavy atom. The molecular weight excluding hydrogens is 238 g/mol. The first-order chi connectivity index (χ1) is 9.11.